The molecule has 3 aromatic rings. The highest BCUT2D eigenvalue weighted by molar-refractivity contribution is 9.10. The average Bonchev–Trinajstić information content (AvgIpc) is 2.60. The van der Waals surface area contributed by atoms with Gasteiger partial charge in [-0.25, -0.2) is 9.97 Å². The second-order valence-electron chi connectivity index (χ2n) is 5.70. The minimum atomic E-state index is -0.234. The van der Waals surface area contributed by atoms with Gasteiger partial charge in [-0.15, -0.1) is 0 Å². The average molecular weight is 397 g/mol. The fourth-order valence-corrected chi connectivity index (χ4v) is 2.58. The van der Waals surface area contributed by atoms with E-state index in [0.717, 1.165) is 27.0 Å². The number of anilines is 3. The van der Waals surface area contributed by atoms with Crippen molar-refractivity contribution in [3.05, 3.63) is 76.0 Å². The Morgan fingerprint density at radius 3 is 2.32 bits per heavy atom. The van der Waals surface area contributed by atoms with Crippen molar-refractivity contribution in [2.45, 2.75) is 13.8 Å². The van der Waals surface area contributed by atoms with Crippen molar-refractivity contribution in [1.82, 2.24) is 9.97 Å². The van der Waals surface area contributed by atoms with Crippen molar-refractivity contribution in [3.63, 3.8) is 0 Å². The molecule has 0 radical (unpaired) electrons. The van der Waals surface area contributed by atoms with Crippen LogP contribution in [-0.2, 0) is 0 Å². The molecule has 0 aliphatic carbocycles. The summed E-state index contributed by atoms with van der Waals surface area (Å²) in [6.45, 7) is 3.98. The van der Waals surface area contributed by atoms with E-state index in [4.69, 9.17) is 0 Å². The number of carbonyl (C=O) groups is 1. The highest BCUT2D eigenvalue weighted by Gasteiger charge is 2.09. The largest absolute Gasteiger partial charge is 0.324 e. The Bertz CT molecular complexity index is 892. The van der Waals surface area contributed by atoms with Crippen LogP contribution in [0.15, 0.2) is 59.3 Å². The quantitative estimate of drug-likeness (QED) is 0.661. The summed E-state index contributed by atoms with van der Waals surface area (Å²) in [7, 11) is 0. The molecule has 0 atom stereocenters. The number of nitrogens with zero attached hydrogens (tertiary/aromatic N) is 2. The number of hydrogen-bond acceptors (Lipinski definition) is 4. The molecule has 0 saturated heterocycles. The number of aryl methyl sites for hydroxylation is 2. The van der Waals surface area contributed by atoms with Gasteiger partial charge in [-0.1, -0.05) is 33.6 Å². The van der Waals surface area contributed by atoms with Crippen LogP contribution in [0.2, 0.25) is 0 Å². The first-order valence-electron chi connectivity index (χ1n) is 7.74. The number of halogens is 1. The molecule has 1 heterocycles. The molecule has 2 N–H and O–H groups in total. The van der Waals surface area contributed by atoms with Gasteiger partial charge in [-0.2, -0.15) is 0 Å². The van der Waals surface area contributed by atoms with Crippen molar-refractivity contribution in [2.24, 2.45) is 0 Å². The fourth-order valence-electron chi connectivity index (χ4n) is 2.32. The summed E-state index contributed by atoms with van der Waals surface area (Å²) >= 11 is 3.39. The predicted molar refractivity (Wildman–Crippen MR) is 103 cm³/mol. The third-order valence-electron chi connectivity index (χ3n) is 3.64. The van der Waals surface area contributed by atoms with Crippen LogP contribution in [0.1, 0.15) is 21.5 Å². The Hall–Kier alpha value is -2.73. The minimum absolute atomic E-state index is 0.234. The Kier molecular flexibility index (Phi) is 5.09. The van der Waals surface area contributed by atoms with E-state index in [1.807, 2.05) is 56.3 Å². The van der Waals surface area contributed by atoms with Crippen LogP contribution >= 0.6 is 15.9 Å². The molecule has 0 saturated carbocycles. The third-order valence-corrected chi connectivity index (χ3v) is 4.17. The lowest BCUT2D eigenvalue weighted by Gasteiger charge is -2.09. The van der Waals surface area contributed by atoms with E-state index in [1.54, 1.807) is 0 Å². The first-order valence-corrected chi connectivity index (χ1v) is 8.54. The number of benzene rings is 2. The first kappa shape index (κ1) is 17.1. The van der Waals surface area contributed by atoms with Gasteiger partial charge in [0.2, 0.25) is 5.95 Å². The van der Waals surface area contributed by atoms with Crippen molar-refractivity contribution < 1.29 is 4.79 Å². The van der Waals surface area contributed by atoms with E-state index in [0.29, 0.717) is 11.5 Å². The van der Waals surface area contributed by atoms with Crippen LogP contribution < -0.4 is 10.6 Å². The smallest absolute Gasteiger partial charge is 0.258 e. The van der Waals surface area contributed by atoms with Crippen molar-refractivity contribution >= 4 is 39.2 Å². The Morgan fingerprint density at radius 1 is 1.00 bits per heavy atom. The topological polar surface area (TPSA) is 66.9 Å². The van der Waals surface area contributed by atoms with Crippen LogP contribution in [0.3, 0.4) is 0 Å². The Morgan fingerprint density at radius 2 is 1.68 bits per heavy atom. The van der Waals surface area contributed by atoms with Crippen molar-refractivity contribution in [2.75, 3.05) is 10.6 Å². The summed E-state index contributed by atoms with van der Waals surface area (Å²) < 4.78 is 0.998. The van der Waals surface area contributed by atoms with Crippen LogP contribution in [0.25, 0.3) is 0 Å². The van der Waals surface area contributed by atoms with Crippen molar-refractivity contribution in [3.8, 4) is 0 Å². The maximum atomic E-state index is 12.3. The summed E-state index contributed by atoms with van der Waals surface area (Å²) in [5.41, 5.74) is 4.23. The van der Waals surface area contributed by atoms with E-state index in [-0.39, 0.29) is 5.91 Å². The van der Waals surface area contributed by atoms with Gasteiger partial charge >= 0.3 is 0 Å². The number of hydrogen-bond donors (Lipinski definition) is 2. The number of amides is 1. The number of carbonyl (C=O) groups excluding carboxylic acids is 1. The predicted octanol–water partition coefficient (Wildman–Crippen LogP) is 4.85. The maximum absolute atomic E-state index is 12.3. The molecule has 0 fully saturated rings. The number of rotatable bonds is 4. The summed E-state index contributed by atoms with van der Waals surface area (Å²) in [5, 5.41) is 5.97. The van der Waals surface area contributed by atoms with Crippen LogP contribution in [0.4, 0.5) is 17.3 Å². The summed E-state index contributed by atoms with van der Waals surface area (Å²) in [4.78, 5) is 20.7. The van der Waals surface area contributed by atoms with Gasteiger partial charge in [-0.05, 0) is 49.7 Å². The van der Waals surface area contributed by atoms with Crippen molar-refractivity contribution in [1.29, 1.82) is 0 Å². The molecule has 0 spiro atoms. The summed E-state index contributed by atoms with van der Waals surface area (Å²) in [6, 6.07) is 13.6. The molecule has 0 unspecified atom stereocenters. The van der Waals surface area contributed by atoms with Gasteiger partial charge in [0.25, 0.3) is 5.91 Å². The number of aromatic nitrogens is 2. The SMILES string of the molecule is Cc1ccc(NC(=O)c2cnc(Nc3ccc(Br)cc3)nc2)c(C)c1. The summed E-state index contributed by atoms with van der Waals surface area (Å²) in [6.07, 6.45) is 3.01. The summed E-state index contributed by atoms with van der Waals surface area (Å²) in [5.74, 6) is 0.201. The van der Waals surface area contributed by atoms with E-state index in [9.17, 15) is 4.79 Å². The molecule has 126 valence electrons. The minimum Gasteiger partial charge on any atom is -0.324 e. The van der Waals surface area contributed by atoms with Gasteiger partial charge in [0, 0.05) is 28.2 Å². The van der Waals surface area contributed by atoms with Crippen LogP contribution in [0.5, 0.6) is 0 Å². The zero-order valence-electron chi connectivity index (χ0n) is 13.9. The maximum Gasteiger partial charge on any atom is 0.258 e. The van der Waals surface area contributed by atoms with Crippen LogP contribution in [0, 0.1) is 13.8 Å². The monoisotopic (exact) mass is 396 g/mol. The zero-order chi connectivity index (χ0) is 17.8. The van der Waals surface area contributed by atoms with Gasteiger partial charge in [0.15, 0.2) is 0 Å². The second-order valence-corrected chi connectivity index (χ2v) is 6.62. The molecule has 25 heavy (non-hydrogen) atoms. The molecular weight excluding hydrogens is 380 g/mol. The van der Waals surface area contributed by atoms with E-state index >= 15 is 0 Å². The molecule has 1 amide bonds. The molecule has 0 aliphatic heterocycles. The van der Waals surface area contributed by atoms with E-state index in [2.05, 4.69) is 36.5 Å². The second kappa shape index (κ2) is 7.44. The highest BCUT2D eigenvalue weighted by Crippen LogP contribution is 2.18. The lowest BCUT2D eigenvalue weighted by atomic mass is 10.1. The molecule has 0 aliphatic rings. The Balaban J connectivity index is 1.68. The van der Waals surface area contributed by atoms with Gasteiger partial charge < -0.3 is 10.6 Å². The van der Waals surface area contributed by atoms with E-state index in [1.165, 1.54) is 12.4 Å². The molecule has 3 rings (SSSR count). The number of nitrogens with one attached hydrogen (secondary N) is 2. The van der Waals surface area contributed by atoms with Gasteiger partial charge in [0.05, 0.1) is 5.56 Å². The molecule has 2 aromatic carbocycles. The van der Waals surface area contributed by atoms with Gasteiger partial charge in [0.1, 0.15) is 0 Å². The van der Waals surface area contributed by atoms with Gasteiger partial charge in [-0.3, -0.25) is 4.79 Å². The first-order chi connectivity index (χ1) is 12.0. The molecule has 1 aromatic heterocycles. The Labute approximate surface area is 154 Å². The van der Waals surface area contributed by atoms with E-state index < -0.39 is 0 Å². The van der Waals surface area contributed by atoms with Crippen LogP contribution in [-0.4, -0.2) is 15.9 Å². The normalized spacial score (nSPS) is 10.4. The highest BCUT2D eigenvalue weighted by atomic mass is 79.9. The standard InChI is InChI=1S/C19H17BrN4O/c1-12-3-8-17(13(2)9-12)24-18(25)14-10-21-19(22-11-14)23-16-6-4-15(20)5-7-16/h3-11H,1-2H3,(H,24,25)(H,21,22,23). The molecule has 6 heteroatoms. The molecule has 5 nitrogen and oxygen atoms in total. The molecular formula is C19H17BrN4O. The lowest BCUT2D eigenvalue weighted by Crippen LogP contribution is -2.14. The molecule has 0 bridgehead atoms. The lowest BCUT2D eigenvalue weighted by molar-refractivity contribution is 0.102. The zero-order valence-corrected chi connectivity index (χ0v) is 15.5. The fraction of sp³-hybridized carbons (Fsp3) is 0.105. The third kappa shape index (κ3) is 4.42.